The molecule has 0 spiro atoms. The zero-order chi connectivity index (χ0) is 14.5. The van der Waals surface area contributed by atoms with E-state index in [0.717, 1.165) is 18.4 Å². The normalized spacial score (nSPS) is 15.2. The van der Waals surface area contributed by atoms with Gasteiger partial charge in [0.1, 0.15) is 0 Å². The maximum Gasteiger partial charge on any atom is 0.240 e. The zero-order valence-corrected chi connectivity index (χ0v) is 12.6. The zero-order valence-electron chi connectivity index (χ0n) is 11.8. The maximum absolute atomic E-state index is 12.0. The molecule has 1 aromatic rings. The van der Waals surface area contributed by atoms with Crippen molar-refractivity contribution < 1.29 is 13.5 Å². The minimum Gasteiger partial charge on any atom is -0.389 e. The summed E-state index contributed by atoms with van der Waals surface area (Å²) in [5, 5.41) is 9.82. The summed E-state index contributed by atoms with van der Waals surface area (Å²) in [5.41, 5.74) is 0.108. The van der Waals surface area contributed by atoms with Crippen molar-refractivity contribution in [3.8, 4) is 0 Å². The Hall–Kier alpha value is -0.910. The smallest absolute Gasteiger partial charge is 0.240 e. The second-order valence-corrected chi connectivity index (χ2v) is 6.84. The summed E-state index contributed by atoms with van der Waals surface area (Å²) in [7, 11) is -3.55. The molecule has 0 radical (unpaired) electrons. The third-order valence-electron chi connectivity index (χ3n) is 3.18. The highest BCUT2D eigenvalue weighted by Crippen LogP contribution is 2.13. The number of sulfonamides is 1. The third-order valence-corrected chi connectivity index (χ3v) is 4.59. The van der Waals surface area contributed by atoms with Crippen molar-refractivity contribution in [2.75, 3.05) is 6.54 Å². The van der Waals surface area contributed by atoms with Gasteiger partial charge in [-0.25, -0.2) is 13.1 Å². The van der Waals surface area contributed by atoms with E-state index in [2.05, 4.69) is 11.6 Å². The van der Waals surface area contributed by atoms with Crippen LogP contribution in [0, 0.1) is 0 Å². The van der Waals surface area contributed by atoms with E-state index in [9.17, 15) is 13.5 Å². The Balaban J connectivity index is 2.77. The van der Waals surface area contributed by atoms with E-state index in [-0.39, 0.29) is 11.4 Å². The summed E-state index contributed by atoms with van der Waals surface area (Å²) in [4.78, 5) is 0.235. The summed E-state index contributed by atoms with van der Waals surface area (Å²) in [6.07, 6.45) is 2.47. The van der Waals surface area contributed by atoms with E-state index in [1.165, 1.54) is 0 Å². The lowest BCUT2D eigenvalue weighted by Crippen LogP contribution is -2.40. The summed E-state index contributed by atoms with van der Waals surface area (Å²) in [6.45, 7) is 5.52. The van der Waals surface area contributed by atoms with Crippen molar-refractivity contribution in [2.24, 2.45) is 0 Å². The van der Waals surface area contributed by atoms with Crippen LogP contribution >= 0.6 is 0 Å². The molecule has 0 saturated heterocycles. The Labute approximate surface area is 115 Å². The van der Waals surface area contributed by atoms with Crippen LogP contribution in [0.1, 0.15) is 39.2 Å². The van der Waals surface area contributed by atoms with Gasteiger partial charge < -0.3 is 5.11 Å². The lowest BCUT2D eigenvalue weighted by Gasteiger charge is -2.21. The first-order valence-corrected chi connectivity index (χ1v) is 8.10. The molecule has 1 unspecified atom stereocenters. The minimum atomic E-state index is -3.55. The van der Waals surface area contributed by atoms with Gasteiger partial charge >= 0.3 is 0 Å². The van der Waals surface area contributed by atoms with Crippen LogP contribution in [0.25, 0.3) is 0 Å². The van der Waals surface area contributed by atoms with Crippen LogP contribution in [0.5, 0.6) is 0 Å². The molecule has 0 bridgehead atoms. The molecule has 108 valence electrons. The van der Waals surface area contributed by atoms with Crippen molar-refractivity contribution in [1.82, 2.24) is 4.72 Å². The number of hydrogen-bond acceptors (Lipinski definition) is 3. The van der Waals surface area contributed by atoms with Gasteiger partial charge in [-0.3, -0.25) is 0 Å². The standard InChI is InChI=1S/C14H23NO3S/c1-4-6-12-7-9-13(10-8-12)19(17,18)15-11-14(3,16)5-2/h7-10,15-16H,4-6,11H2,1-3H3. The van der Waals surface area contributed by atoms with Crippen LogP contribution in [0.4, 0.5) is 0 Å². The van der Waals surface area contributed by atoms with E-state index in [1.54, 1.807) is 19.1 Å². The topological polar surface area (TPSA) is 66.4 Å². The third kappa shape index (κ3) is 4.93. The van der Waals surface area contributed by atoms with Crippen molar-refractivity contribution in [3.63, 3.8) is 0 Å². The molecular formula is C14H23NO3S. The molecule has 0 fully saturated rings. The van der Waals surface area contributed by atoms with Gasteiger partial charge in [-0.05, 0) is 37.5 Å². The molecule has 0 heterocycles. The Morgan fingerprint density at radius 1 is 1.21 bits per heavy atom. The van der Waals surface area contributed by atoms with Gasteiger partial charge in [-0.2, -0.15) is 0 Å². The van der Waals surface area contributed by atoms with Crippen LogP contribution in [0.2, 0.25) is 0 Å². The summed E-state index contributed by atoms with van der Waals surface area (Å²) < 4.78 is 26.5. The number of benzene rings is 1. The lowest BCUT2D eigenvalue weighted by molar-refractivity contribution is 0.0613. The largest absolute Gasteiger partial charge is 0.389 e. The SMILES string of the molecule is CCCc1ccc(S(=O)(=O)NCC(C)(O)CC)cc1. The number of aryl methyl sites for hydroxylation is 1. The van der Waals surface area contributed by atoms with Crippen LogP contribution in [-0.4, -0.2) is 25.7 Å². The predicted molar refractivity (Wildman–Crippen MR) is 76.5 cm³/mol. The molecule has 1 atom stereocenters. The Bertz CT molecular complexity index is 492. The highest BCUT2D eigenvalue weighted by molar-refractivity contribution is 7.89. The summed E-state index contributed by atoms with van der Waals surface area (Å²) >= 11 is 0. The van der Waals surface area contributed by atoms with Crippen molar-refractivity contribution in [2.45, 2.75) is 50.5 Å². The predicted octanol–water partition coefficient (Wildman–Crippen LogP) is 2.08. The number of rotatable bonds is 7. The highest BCUT2D eigenvalue weighted by atomic mass is 32.2. The van der Waals surface area contributed by atoms with Gasteiger partial charge in [0.15, 0.2) is 0 Å². The molecule has 1 rings (SSSR count). The number of nitrogens with one attached hydrogen (secondary N) is 1. The first-order valence-electron chi connectivity index (χ1n) is 6.61. The Morgan fingerprint density at radius 3 is 2.26 bits per heavy atom. The lowest BCUT2D eigenvalue weighted by atomic mass is 10.1. The second-order valence-electron chi connectivity index (χ2n) is 5.07. The fraction of sp³-hybridized carbons (Fsp3) is 0.571. The van der Waals surface area contributed by atoms with Crippen molar-refractivity contribution in [1.29, 1.82) is 0 Å². The van der Waals surface area contributed by atoms with E-state index in [4.69, 9.17) is 0 Å². The molecule has 0 saturated carbocycles. The molecule has 5 heteroatoms. The molecule has 1 aromatic carbocycles. The van der Waals surface area contributed by atoms with Gasteiger partial charge in [0, 0.05) is 6.54 Å². The van der Waals surface area contributed by atoms with E-state index >= 15 is 0 Å². The van der Waals surface area contributed by atoms with Crippen LogP contribution < -0.4 is 4.72 Å². The molecule has 0 amide bonds. The molecule has 0 aliphatic carbocycles. The number of aliphatic hydroxyl groups is 1. The van der Waals surface area contributed by atoms with E-state index < -0.39 is 15.6 Å². The van der Waals surface area contributed by atoms with Gasteiger partial charge in [0.2, 0.25) is 10.0 Å². The molecule has 0 aliphatic heterocycles. The van der Waals surface area contributed by atoms with Gasteiger partial charge in [-0.15, -0.1) is 0 Å². The molecule has 0 aliphatic rings. The molecule has 4 nitrogen and oxygen atoms in total. The maximum atomic E-state index is 12.0. The molecule has 2 N–H and O–H groups in total. The minimum absolute atomic E-state index is 0.0164. The molecule has 19 heavy (non-hydrogen) atoms. The van der Waals surface area contributed by atoms with E-state index in [1.807, 2.05) is 19.1 Å². The van der Waals surface area contributed by atoms with Gasteiger partial charge in [0.05, 0.1) is 10.5 Å². The fourth-order valence-corrected chi connectivity index (χ4v) is 2.74. The fourth-order valence-electron chi connectivity index (χ4n) is 1.58. The van der Waals surface area contributed by atoms with Crippen LogP contribution in [0.15, 0.2) is 29.2 Å². The first kappa shape index (κ1) is 16.1. The van der Waals surface area contributed by atoms with Gasteiger partial charge in [-0.1, -0.05) is 32.4 Å². The molecular weight excluding hydrogens is 262 g/mol. The quantitative estimate of drug-likeness (QED) is 0.806. The summed E-state index contributed by atoms with van der Waals surface area (Å²) in [5.74, 6) is 0. The molecule has 0 aromatic heterocycles. The Morgan fingerprint density at radius 2 is 1.79 bits per heavy atom. The van der Waals surface area contributed by atoms with Crippen LogP contribution in [0.3, 0.4) is 0 Å². The highest BCUT2D eigenvalue weighted by Gasteiger charge is 2.22. The average Bonchev–Trinajstić information content (AvgIpc) is 2.38. The second kappa shape index (κ2) is 6.50. The van der Waals surface area contributed by atoms with E-state index in [0.29, 0.717) is 6.42 Å². The first-order chi connectivity index (χ1) is 8.80. The van der Waals surface area contributed by atoms with Crippen LogP contribution in [-0.2, 0) is 16.4 Å². The van der Waals surface area contributed by atoms with Gasteiger partial charge in [0.25, 0.3) is 0 Å². The average molecular weight is 285 g/mol. The van der Waals surface area contributed by atoms with Crippen molar-refractivity contribution >= 4 is 10.0 Å². The Kier molecular flexibility index (Phi) is 5.52. The monoisotopic (exact) mass is 285 g/mol. The summed E-state index contributed by atoms with van der Waals surface area (Å²) in [6, 6.07) is 6.87. The van der Waals surface area contributed by atoms with Crippen molar-refractivity contribution in [3.05, 3.63) is 29.8 Å². The number of hydrogen-bond donors (Lipinski definition) is 2.